The number of carbonyl (C=O) groups excluding carboxylic acids is 1. The fourth-order valence-corrected chi connectivity index (χ4v) is 2.34. The largest absolute Gasteiger partial charge is 0.462 e. The number of hydrogen-bond acceptors (Lipinski definition) is 6. The van der Waals surface area contributed by atoms with Gasteiger partial charge in [0.05, 0.1) is 17.9 Å². The molecule has 0 aliphatic heterocycles. The van der Waals surface area contributed by atoms with Crippen LogP contribution in [-0.2, 0) is 4.74 Å². The van der Waals surface area contributed by atoms with E-state index in [4.69, 9.17) is 14.9 Å². The van der Waals surface area contributed by atoms with Crippen molar-refractivity contribution in [2.75, 3.05) is 12.3 Å². The Hall–Kier alpha value is -1.95. The van der Waals surface area contributed by atoms with Gasteiger partial charge in [0, 0.05) is 10.6 Å². The summed E-state index contributed by atoms with van der Waals surface area (Å²) in [4.78, 5) is 16.8. The summed E-state index contributed by atoms with van der Waals surface area (Å²) < 4.78 is 10.3. The molecule has 0 fully saturated rings. The van der Waals surface area contributed by atoms with Crippen LogP contribution >= 0.6 is 11.8 Å². The third-order valence-electron chi connectivity index (χ3n) is 2.29. The lowest BCUT2D eigenvalue weighted by Gasteiger charge is -2.07. The van der Waals surface area contributed by atoms with Crippen molar-refractivity contribution in [3.63, 3.8) is 0 Å². The molecule has 0 amide bonds. The highest BCUT2D eigenvalue weighted by Gasteiger charge is 2.15. The van der Waals surface area contributed by atoms with Crippen LogP contribution in [0.25, 0.3) is 0 Å². The number of nitrogens with zero attached hydrogens (tertiary/aromatic N) is 1. The van der Waals surface area contributed by atoms with Gasteiger partial charge in [0.15, 0.2) is 0 Å². The Labute approximate surface area is 115 Å². The van der Waals surface area contributed by atoms with Gasteiger partial charge < -0.3 is 14.9 Å². The summed E-state index contributed by atoms with van der Waals surface area (Å²) in [6.07, 6.45) is 1.56. The number of rotatable bonds is 4. The van der Waals surface area contributed by atoms with Gasteiger partial charge in [0.2, 0.25) is 0 Å². The molecular weight excluding hydrogens is 264 g/mol. The number of aromatic nitrogens is 1. The van der Waals surface area contributed by atoms with Crippen molar-refractivity contribution in [2.24, 2.45) is 0 Å². The number of oxazole rings is 1. The van der Waals surface area contributed by atoms with E-state index in [9.17, 15) is 4.79 Å². The van der Waals surface area contributed by atoms with Crippen molar-refractivity contribution in [1.29, 1.82) is 0 Å². The Morgan fingerprint density at radius 1 is 1.53 bits per heavy atom. The number of benzene rings is 1. The predicted octanol–water partition coefficient (Wildman–Crippen LogP) is 2.89. The molecule has 0 spiro atoms. The monoisotopic (exact) mass is 278 g/mol. The van der Waals surface area contributed by atoms with E-state index in [0.29, 0.717) is 28.0 Å². The van der Waals surface area contributed by atoms with E-state index >= 15 is 0 Å². The van der Waals surface area contributed by atoms with Crippen LogP contribution in [-0.4, -0.2) is 17.6 Å². The van der Waals surface area contributed by atoms with E-state index in [2.05, 4.69) is 4.98 Å². The third-order valence-corrected chi connectivity index (χ3v) is 3.23. The molecule has 19 heavy (non-hydrogen) atoms. The molecule has 100 valence electrons. The van der Waals surface area contributed by atoms with Crippen LogP contribution in [0.2, 0.25) is 0 Å². The third kappa shape index (κ3) is 3.29. The second kappa shape index (κ2) is 5.79. The number of ether oxygens (including phenoxy) is 1. The van der Waals surface area contributed by atoms with Crippen molar-refractivity contribution in [2.45, 2.75) is 24.0 Å². The zero-order valence-corrected chi connectivity index (χ0v) is 11.5. The Morgan fingerprint density at radius 3 is 2.95 bits per heavy atom. The van der Waals surface area contributed by atoms with Crippen LogP contribution in [0.4, 0.5) is 5.69 Å². The molecule has 0 aliphatic rings. The smallest absolute Gasteiger partial charge is 0.339 e. The second-order valence-corrected chi connectivity index (χ2v) is 4.83. The molecule has 0 aliphatic carbocycles. The van der Waals surface area contributed by atoms with Crippen LogP contribution in [0, 0.1) is 6.92 Å². The first-order chi connectivity index (χ1) is 9.10. The quantitative estimate of drug-likeness (QED) is 0.684. The summed E-state index contributed by atoms with van der Waals surface area (Å²) in [5, 5.41) is 0.479. The van der Waals surface area contributed by atoms with Crippen molar-refractivity contribution in [3.05, 3.63) is 35.7 Å². The molecule has 5 nitrogen and oxygen atoms in total. The van der Waals surface area contributed by atoms with Gasteiger partial charge in [-0.2, -0.15) is 0 Å². The van der Waals surface area contributed by atoms with Crippen molar-refractivity contribution >= 4 is 23.4 Å². The lowest BCUT2D eigenvalue weighted by molar-refractivity contribution is 0.0522. The molecule has 0 atom stereocenters. The molecule has 0 saturated heterocycles. The van der Waals surface area contributed by atoms with Crippen LogP contribution in [0.3, 0.4) is 0 Å². The number of esters is 1. The second-order valence-electron chi connectivity index (χ2n) is 3.83. The van der Waals surface area contributed by atoms with Crippen LogP contribution in [0.1, 0.15) is 23.0 Å². The molecule has 1 aromatic heterocycles. The van der Waals surface area contributed by atoms with Crippen molar-refractivity contribution in [3.8, 4) is 0 Å². The fourth-order valence-electron chi connectivity index (χ4n) is 1.48. The number of carbonyl (C=O) groups is 1. The minimum atomic E-state index is -0.402. The van der Waals surface area contributed by atoms with E-state index in [1.165, 1.54) is 11.8 Å². The molecule has 0 unspecified atom stereocenters. The summed E-state index contributed by atoms with van der Waals surface area (Å²) in [6, 6.07) is 5.07. The maximum Gasteiger partial charge on any atom is 0.339 e. The number of aryl methyl sites for hydroxylation is 1. The van der Waals surface area contributed by atoms with Gasteiger partial charge in [0.25, 0.3) is 5.22 Å². The minimum absolute atomic E-state index is 0.315. The average Bonchev–Trinajstić information content (AvgIpc) is 2.77. The summed E-state index contributed by atoms with van der Waals surface area (Å²) in [5.74, 6) is -0.402. The highest BCUT2D eigenvalue weighted by molar-refractivity contribution is 7.99. The fraction of sp³-hybridized carbons (Fsp3) is 0.231. The highest BCUT2D eigenvalue weighted by atomic mass is 32.2. The van der Waals surface area contributed by atoms with E-state index in [0.717, 1.165) is 5.69 Å². The summed E-state index contributed by atoms with van der Waals surface area (Å²) in [5.41, 5.74) is 7.42. The molecule has 2 aromatic rings. The SMILES string of the molecule is CCOC(=O)c1cc(N)ccc1Sc1nc(C)co1. The van der Waals surface area contributed by atoms with Crippen LogP contribution < -0.4 is 5.73 Å². The molecule has 0 radical (unpaired) electrons. The highest BCUT2D eigenvalue weighted by Crippen LogP contribution is 2.31. The van der Waals surface area contributed by atoms with E-state index < -0.39 is 5.97 Å². The molecule has 0 saturated carbocycles. The number of anilines is 1. The number of nitrogen functional groups attached to an aromatic ring is 1. The Morgan fingerprint density at radius 2 is 2.32 bits per heavy atom. The summed E-state index contributed by atoms with van der Waals surface area (Å²) in [7, 11) is 0. The molecule has 0 bridgehead atoms. The molecule has 1 heterocycles. The lowest BCUT2D eigenvalue weighted by Crippen LogP contribution is -2.06. The van der Waals surface area contributed by atoms with Crippen LogP contribution in [0.5, 0.6) is 0 Å². The van der Waals surface area contributed by atoms with Gasteiger partial charge in [-0.1, -0.05) is 0 Å². The number of nitrogens with two attached hydrogens (primary N) is 1. The van der Waals surface area contributed by atoms with Crippen LogP contribution in [0.15, 0.2) is 39.0 Å². The molecular formula is C13H14N2O3S. The average molecular weight is 278 g/mol. The number of hydrogen-bond donors (Lipinski definition) is 1. The standard InChI is InChI=1S/C13H14N2O3S/c1-3-17-12(16)10-6-9(14)4-5-11(10)19-13-15-8(2)7-18-13/h4-7H,3,14H2,1-2H3. The van der Waals surface area contributed by atoms with Gasteiger partial charge in [-0.05, 0) is 43.8 Å². The lowest BCUT2D eigenvalue weighted by atomic mass is 10.2. The predicted molar refractivity (Wildman–Crippen MR) is 72.2 cm³/mol. The first-order valence-corrected chi connectivity index (χ1v) is 6.58. The zero-order chi connectivity index (χ0) is 13.8. The minimum Gasteiger partial charge on any atom is -0.462 e. The molecule has 2 N–H and O–H groups in total. The van der Waals surface area contributed by atoms with E-state index in [1.54, 1.807) is 31.4 Å². The first kappa shape index (κ1) is 13.5. The van der Waals surface area contributed by atoms with Gasteiger partial charge in [-0.15, -0.1) is 0 Å². The maximum absolute atomic E-state index is 11.9. The normalized spacial score (nSPS) is 10.4. The summed E-state index contributed by atoms with van der Waals surface area (Å²) >= 11 is 1.26. The van der Waals surface area contributed by atoms with E-state index in [-0.39, 0.29) is 0 Å². The van der Waals surface area contributed by atoms with Gasteiger partial charge in [-0.3, -0.25) is 0 Å². The Balaban J connectivity index is 2.31. The maximum atomic E-state index is 11.9. The van der Waals surface area contributed by atoms with E-state index in [1.807, 2.05) is 6.92 Å². The van der Waals surface area contributed by atoms with Gasteiger partial charge in [-0.25, -0.2) is 9.78 Å². The first-order valence-electron chi connectivity index (χ1n) is 5.76. The zero-order valence-electron chi connectivity index (χ0n) is 10.7. The van der Waals surface area contributed by atoms with Gasteiger partial charge in [0.1, 0.15) is 6.26 Å². The molecule has 2 rings (SSSR count). The van der Waals surface area contributed by atoms with Gasteiger partial charge >= 0.3 is 5.97 Å². The summed E-state index contributed by atoms with van der Waals surface area (Å²) in [6.45, 7) is 3.91. The van der Waals surface area contributed by atoms with Crippen molar-refractivity contribution < 1.29 is 13.9 Å². The Kier molecular flexibility index (Phi) is 4.11. The molecule has 1 aromatic carbocycles. The topological polar surface area (TPSA) is 78.4 Å². The molecule has 6 heteroatoms. The van der Waals surface area contributed by atoms with Crippen molar-refractivity contribution in [1.82, 2.24) is 4.98 Å². The Bertz CT molecular complexity index is 595.